The van der Waals surface area contributed by atoms with Crippen LogP contribution in [0.5, 0.6) is 11.5 Å². The Labute approximate surface area is 147 Å². The van der Waals surface area contributed by atoms with Crippen LogP contribution in [-0.4, -0.2) is 65.9 Å². The van der Waals surface area contributed by atoms with Gasteiger partial charge >= 0.3 is 5.97 Å². The molecule has 2 rings (SSSR count). The van der Waals surface area contributed by atoms with Crippen LogP contribution in [0, 0.1) is 0 Å². The Hall–Kier alpha value is -2.09. The third-order valence-corrected chi connectivity index (χ3v) is 3.30. The van der Waals surface area contributed by atoms with Gasteiger partial charge in [-0.3, -0.25) is 0 Å². The fraction of sp³-hybridized carbons (Fsp3) is 0.500. The third kappa shape index (κ3) is 7.55. The van der Waals surface area contributed by atoms with Gasteiger partial charge in [0, 0.05) is 6.08 Å². The van der Waals surface area contributed by atoms with E-state index in [2.05, 4.69) is 4.74 Å². The Kier molecular flexibility index (Phi) is 8.82. The monoisotopic (exact) mass is 352 g/mol. The molecule has 0 unspecified atom stereocenters. The normalized spacial score (nSPS) is 17.5. The Balaban J connectivity index is 2.03. The average molecular weight is 352 g/mol. The molecule has 0 N–H and O–H groups in total. The van der Waals surface area contributed by atoms with Crippen molar-refractivity contribution in [3.05, 3.63) is 29.8 Å². The van der Waals surface area contributed by atoms with Gasteiger partial charge < -0.3 is 28.4 Å². The van der Waals surface area contributed by atoms with E-state index >= 15 is 0 Å². The number of ether oxygens (including phenoxy) is 6. The lowest BCUT2D eigenvalue weighted by Crippen LogP contribution is -2.13. The number of methoxy groups -OCH3 is 1. The van der Waals surface area contributed by atoms with Crippen molar-refractivity contribution >= 4 is 12.0 Å². The lowest BCUT2D eigenvalue weighted by Gasteiger charge is -2.13. The Morgan fingerprint density at radius 1 is 0.880 bits per heavy atom. The molecule has 138 valence electrons. The van der Waals surface area contributed by atoms with Crippen LogP contribution in [0.25, 0.3) is 6.08 Å². The number of rotatable bonds is 2. The Bertz CT molecular complexity index is 556. The fourth-order valence-electron chi connectivity index (χ4n) is 2.06. The molecule has 0 radical (unpaired) electrons. The predicted octanol–water partition coefficient (Wildman–Crippen LogP) is 1.69. The number of hydrogen-bond acceptors (Lipinski definition) is 7. The van der Waals surface area contributed by atoms with Crippen LogP contribution in [0.2, 0.25) is 0 Å². The minimum Gasteiger partial charge on any atom is -0.487 e. The summed E-state index contributed by atoms with van der Waals surface area (Å²) in [7, 11) is 1.34. The van der Waals surface area contributed by atoms with E-state index in [1.54, 1.807) is 18.2 Å². The number of esters is 1. The molecule has 1 aliphatic heterocycles. The zero-order valence-electron chi connectivity index (χ0n) is 14.4. The second-order valence-electron chi connectivity index (χ2n) is 5.10. The molecule has 1 aromatic carbocycles. The summed E-state index contributed by atoms with van der Waals surface area (Å²) in [6, 6.07) is 5.44. The molecule has 25 heavy (non-hydrogen) atoms. The topological polar surface area (TPSA) is 72.5 Å². The maximum absolute atomic E-state index is 11.2. The number of benzene rings is 1. The smallest absolute Gasteiger partial charge is 0.330 e. The first-order chi connectivity index (χ1) is 12.3. The van der Waals surface area contributed by atoms with E-state index in [1.807, 2.05) is 6.07 Å². The minimum absolute atomic E-state index is 0.386. The van der Waals surface area contributed by atoms with Gasteiger partial charge in [-0.15, -0.1) is 0 Å². The molecular weight excluding hydrogens is 328 g/mol. The van der Waals surface area contributed by atoms with Crippen LogP contribution >= 0.6 is 0 Å². The standard InChI is InChI=1S/C18H24O7/c1-20-18(19)5-3-15-2-4-16-17(14-15)25-13-11-23-9-7-21-6-8-22-10-12-24-16/h2-5,14H,6-13H2,1H3/b5-3+. The molecule has 0 fully saturated rings. The first kappa shape index (κ1) is 19.2. The van der Waals surface area contributed by atoms with Crippen molar-refractivity contribution in [1.82, 2.24) is 0 Å². The summed E-state index contributed by atoms with van der Waals surface area (Å²) in [5, 5.41) is 0. The maximum atomic E-state index is 11.2. The van der Waals surface area contributed by atoms with Gasteiger partial charge in [-0.1, -0.05) is 6.07 Å². The third-order valence-electron chi connectivity index (χ3n) is 3.30. The van der Waals surface area contributed by atoms with Crippen molar-refractivity contribution < 1.29 is 33.2 Å². The highest BCUT2D eigenvalue weighted by Crippen LogP contribution is 2.29. The van der Waals surface area contributed by atoms with Crippen LogP contribution in [0.15, 0.2) is 24.3 Å². The number of fused-ring (bicyclic) bond motifs is 1. The van der Waals surface area contributed by atoms with Crippen molar-refractivity contribution in [2.45, 2.75) is 0 Å². The van der Waals surface area contributed by atoms with Crippen LogP contribution < -0.4 is 9.47 Å². The van der Waals surface area contributed by atoms with E-state index in [1.165, 1.54) is 13.2 Å². The Morgan fingerprint density at radius 2 is 1.44 bits per heavy atom. The van der Waals surface area contributed by atoms with Gasteiger partial charge in [-0.25, -0.2) is 4.79 Å². The summed E-state index contributed by atoms with van der Waals surface area (Å²) < 4.78 is 32.3. The summed E-state index contributed by atoms with van der Waals surface area (Å²) in [5.74, 6) is 0.785. The molecule has 0 saturated heterocycles. The molecule has 7 heteroatoms. The van der Waals surface area contributed by atoms with Crippen molar-refractivity contribution in [1.29, 1.82) is 0 Å². The second kappa shape index (κ2) is 11.5. The molecule has 0 aromatic heterocycles. The molecule has 0 spiro atoms. The van der Waals surface area contributed by atoms with E-state index in [9.17, 15) is 4.79 Å². The molecule has 0 atom stereocenters. The fourth-order valence-corrected chi connectivity index (χ4v) is 2.06. The second-order valence-corrected chi connectivity index (χ2v) is 5.10. The van der Waals surface area contributed by atoms with Gasteiger partial charge in [0.05, 0.1) is 46.8 Å². The van der Waals surface area contributed by atoms with E-state index < -0.39 is 5.97 Å². The van der Waals surface area contributed by atoms with Gasteiger partial charge in [0.25, 0.3) is 0 Å². The first-order valence-electron chi connectivity index (χ1n) is 8.18. The van der Waals surface area contributed by atoms with Crippen LogP contribution in [0.3, 0.4) is 0 Å². The van der Waals surface area contributed by atoms with Crippen LogP contribution in [0.1, 0.15) is 5.56 Å². The molecule has 0 saturated carbocycles. The van der Waals surface area contributed by atoms with Crippen molar-refractivity contribution in [3.8, 4) is 11.5 Å². The van der Waals surface area contributed by atoms with Crippen LogP contribution in [-0.2, 0) is 23.7 Å². The van der Waals surface area contributed by atoms with Crippen molar-refractivity contribution in [3.63, 3.8) is 0 Å². The molecule has 0 amide bonds. The van der Waals surface area contributed by atoms with E-state index in [0.29, 0.717) is 64.4 Å². The van der Waals surface area contributed by atoms with E-state index in [-0.39, 0.29) is 0 Å². The lowest BCUT2D eigenvalue weighted by atomic mass is 10.2. The number of carbonyl (C=O) groups excluding carboxylic acids is 1. The predicted molar refractivity (Wildman–Crippen MR) is 90.9 cm³/mol. The van der Waals surface area contributed by atoms with E-state index in [4.69, 9.17) is 23.7 Å². The quantitative estimate of drug-likeness (QED) is 0.592. The van der Waals surface area contributed by atoms with Crippen molar-refractivity contribution in [2.75, 3.05) is 60.0 Å². The summed E-state index contributed by atoms with van der Waals surface area (Å²) in [4.78, 5) is 11.2. The van der Waals surface area contributed by atoms with Gasteiger partial charge in [-0.2, -0.15) is 0 Å². The maximum Gasteiger partial charge on any atom is 0.330 e. The molecule has 0 aliphatic carbocycles. The zero-order valence-corrected chi connectivity index (χ0v) is 14.4. The van der Waals surface area contributed by atoms with Gasteiger partial charge in [0.15, 0.2) is 11.5 Å². The largest absolute Gasteiger partial charge is 0.487 e. The summed E-state index contributed by atoms with van der Waals surface area (Å²) >= 11 is 0. The molecule has 7 nitrogen and oxygen atoms in total. The minimum atomic E-state index is -0.416. The Morgan fingerprint density at radius 3 is 2.04 bits per heavy atom. The highest BCUT2D eigenvalue weighted by Gasteiger charge is 2.07. The van der Waals surface area contributed by atoms with Gasteiger partial charge in [0.2, 0.25) is 0 Å². The number of carbonyl (C=O) groups is 1. The molecular formula is C18H24O7. The van der Waals surface area contributed by atoms with Crippen LogP contribution in [0.4, 0.5) is 0 Å². The van der Waals surface area contributed by atoms with Gasteiger partial charge in [0.1, 0.15) is 13.2 Å². The van der Waals surface area contributed by atoms with Gasteiger partial charge in [-0.05, 0) is 23.8 Å². The zero-order chi connectivity index (χ0) is 17.7. The number of hydrogen-bond donors (Lipinski definition) is 0. The van der Waals surface area contributed by atoms with Crippen molar-refractivity contribution in [2.24, 2.45) is 0 Å². The molecule has 1 aliphatic rings. The molecule has 1 heterocycles. The average Bonchev–Trinajstić information content (AvgIpc) is 2.64. The molecule has 0 bridgehead atoms. The SMILES string of the molecule is COC(=O)/C=C/c1ccc2c(c1)OCCOCCOCCOCCO2. The highest BCUT2D eigenvalue weighted by molar-refractivity contribution is 5.87. The lowest BCUT2D eigenvalue weighted by molar-refractivity contribution is -0.134. The summed E-state index contributed by atoms with van der Waals surface area (Å²) in [6.07, 6.45) is 3.01. The summed E-state index contributed by atoms with van der Waals surface area (Å²) in [5.41, 5.74) is 0.802. The van der Waals surface area contributed by atoms with E-state index in [0.717, 1.165) is 5.56 Å². The first-order valence-corrected chi connectivity index (χ1v) is 8.18. The molecule has 1 aromatic rings. The highest BCUT2D eigenvalue weighted by atomic mass is 16.6. The summed E-state index contributed by atoms with van der Waals surface area (Å²) in [6.45, 7) is 3.79.